The molecule has 1 saturated heterocycles. The van der Waals surface area contributed by atoms with E-state index < -0.39 is 21.8 Å². The highest BCUT2D eigenvalue weighted by atomic mass is 32.2. The number of halogens is 3. The molecule has 0 radical (unpaired) electrons. The molecule has 24 heavy (non-hydrogen) atoms. The zero-order valence-electron chi connectivity index (χ0n) is 12.8. The molecular weight excluding hydrogens is 363 g/mol. The number of hydrogen-bond donors (Lipinski definition) is 1. The van der Waals surface area contributed by atoms with E-state index in [0.29, 0.717) is 29.3 Å². The van der Waals surface area contributed by atoms with Gasteiger partial charge in [-0.05, 0) is 25.0 Å². The number of para-hydroxylation sites is 1. The van der Waals surface area contributed by atoms with Crippen LogP contribution in [0.2, 0.25) is 0 Å². The van der Waals surface area contributed by atoms with Crippen molar-refractivity contribution in [3.05, 3.63) is 23.8 Å². The van der Waals surface area contributed by atoms with Gasteiger partial charge in [0.1, 0.15) is 0 Å². The van der Waals surface area contributed by atoms with Crippen LogP contribution in [-0.2, 0) is 16.2 Å². The Morgan fingerprint density at radius 1 is 1.38 bits per heavy atom. The molecule has 0 spiro atoms. The van der Waals surface area contributed by atoms with Crippen molar-refractivity contribution in [3.8, 4) is 0 Å². The fourth-order valence-electron chi connectivity index (χ4n) is 2.85. The third-order valence-electron chi connectivity index (χ3n) is 3.79. The molecule has 10 heteroatoms. The molecule has 0 saturated carbocycles. The predicted octanol–water partition coefficient (Wildman–Crippen LogP) is 2.83. The van der Waals surface area contributed by atoms with Crippen molar-refractivity contribution in [1.29, 1.82) is 0 Å². The van der Waals surface area contributed by atoms with Crippen molar-refractivity contribution in [2.24, 2.45) is 0 Å². The number of nitrogens with one attached hydrogen (secondary N) is 1. The summed E-state index contributed by atoms with van der Waals surface area (Å²) in [6.45, 7) is 1.04. The molecule has 2 heterocycles. The lowest BCUT2D eigenvalue weighted by Gasteiger charge is -2.32. The highest BCUT2D eigenvalue weighted by Crippen LogP contribution is 2.38. The fourth-order valence-corrected chi connectivity index (χ4v) is 4.68. The van der Waals surface area contributed by atoms with Crippen LogP contribution in [0, 0.1) is 0 Å². The summed E-state index contributed by atoms with van der Waals surface area (Å²) in [5.74, 6) is 0. The molecule has 132 valence electrons. The second-order valence-corrected chi connectivity index (χ2v) is 8.61. The molecule has 1 aliphatic heterocycles. The second-order valence-electron chi connectivity index (χ2n) is 5.82. The first kappa shape index (κ1) is 17.4. The Hall–Kier alpha value is -1.39. The van der Waals surface area contributed by atoms with E-state index in [1.54, 1.807) is 6.07 Å². The Morgan fingerprint density at radius 3 is 2.79 bits per heavy atom. The summed E-state index contributed by atoms with van der Waals surface area (Å²) in [5.41, 5.74) is -0.798. The maximum Gasteiger partial charge on any atom is 0.418 e. The summed E-state index contributed by atoms with van der Waals surface area (Å²) in [4.78, 5) is 6.03. The molecule has 1 unspecified atom stereocenters. The van der Waals surface area contributed by atoms with E-state index in [1.807, 2.05) is 4.90 Å². The number of rotatable bonds is 3. The number of alkyl halides is 3. The van der Waals surface area contributed by atoms with Gasteiger partial charge in [-0.25, -0.2) is 18.1 Å². The highest BCUT2D eigenvalue weighted by molar-refractivity contribution is 7.88. The molecule has 1 aromatic heterocycles. The number of piperidine rings is 1. The van der Waals surface area contributed by atoms with Crippen molar-refractivity contribution < 1.29 is 21.6 Å². The Labute approximate surface area is 141 Å². The van der Waals surface area contributed by atoms with E-state index in [-0.39, 0.29) is 11.6 Å². The fraction of sp³-hybridized carbons (Fsp3) is 0.500. The first-order valence-corrected chi connectivity index (χ1v) is 10.0. The molecule has 5 nitrogen and oxygen atoms in total. The molecule has 2 aromatic rings. The zero-order chi connectivity index (χ0) is 17.5. The summed E-state index contributed by atoms with van der Waals surface area (Å²) >= 11 is 1.19. The van der Waals surface area contributed by atoms with Crippen LogP contribution in [0.3, 0.4) is 0 Å². The first-order valence-electron chi connectivity index (χ1n) is 7.32. The minimum absolute atomic E-state index is 0.0526. The molecular formula is C14H16F3N3O2S2. The average molecular weight is 379 g/mol. The van der Waals surface area contributed by atoms with Gasteiger partial charge < -0.3 is 4.90 Å². The molecule has 3 rings (SSSR count). The number of sulfonamides is 1. The van der Waals surface area contributed by atoms with E-state index in [0.717, 1.165) is 18.7 Å². The van der Waals surface area contributed by atoms with Crippen molar-refractivity contribution in [2.75, 3.05) is 24.2 Å². The van der Waals surface area contributed by atoms with Crippen LogP contribution in [0.25, 0.3) is 10.2 Å². The van der Waals surface area contributed by atoms with Crippen LogP contribution in [0.1, 0.15) is 18.4 Å². The molecule has 1 fully saturated rings. The lowest BCUT2D eigenvalue weighted by Crippen LogP contribution is -2.47. The van der Waals surface area contributed by atoms with Gasteiger partial charge in [0.05, 0.1) is 22.0 Å². The maximum atomic E-state index is 13.1. The van der Waals surface area contributed by atoms with Gasteiger partial charge in [0.25, 0.3) is 0 Å². The minimum Gasteiger partial charge on any atom is -0.346 e. The van der Waals surface area contributed by atoms with Gasteiger partial charge in [0.15, 0.2) is 5.13 Å². The van der Waals surface area contributed by atoms with Gasteiger partial charge in [0, 0.05) is 19.1 Å². The van der Waals surface area contributed by atoms with Crippen LogP contribution in [0.15, 0.2) is 18.2 Å². The summed E-state index contributed by atoms with van der Waals surface area (Å²) in [6, 6.07) is 3.75. The number of thiazole rings is 1. The molecule has 1 aliphatic rings. The number of hydrogen-bond acceptors (Lipinski definition) is 5. The SMILES string of the molecule is CS(=O)(=O)NC1CCCN(c2nc3c(C(F)(F)F)cccc3s2)C1. The van der Waals surface area contributed by atoms with Crippen molar-refractivity contribution in [3.63, 3.8) is 0 Å². The Morgan fingerprint density at radius 2 is 2.12 bits per heavy atom. The largest absolute Gasteiger partial charge is 0.418 e. The van der Waals surface area contributed by atoms with Gasteiger partial charge >= 0.3 is 6.18 Å². The first-order chi connectivity index (χ1) is 11.1. The summed E-state index contributed by atoms with van der Waals surface area (Å²) in [7, 11) is -3.32. The standard InChI is InChI=1S/C14H16F3N3O2S2/c1-24(21,22)19-9-4-3-7-20(8-9)13-18-12-10(14(15,16)17)5-2-6-11(12)23-13/h2,5-6,9,19H,3-4,7-8H2,1H3. The maximum absolute atomic E-state index is 13.1. The van der Waals surface area contributed by atoms with E-state index >= 15 is 0 Å². The van der Waals surface area contributed by atoms with Crippen LogP contribution >= 0.6 is 11.3 Å². The normalized spacial score (nSPS) is 19.8. The van der Waals surface area contributed by atoms with Gasteiger partial charge in [-0.3, -0.25) is 0 Å². The summed E-state index contributed by atoms with van der Waals surface area (Å²) in [5, 5.41) is 0.488. The topological polar surface area (TPSA) is 62.3 Å². The Kier molecular flexibility index (Phi) is 4.47. The third-order valence-corrected chi connectivity index (χ3v) is 5.63. The number of aromatic nitrogens is 1. The van der Waals surface area contributed by atoms with Crippen LogP contribution in [0.4, 0.5) is 18.3 Å². The van der Waals surface area contributed by atoms with E-state index in [2.05, 4.69) is 9.71 Å². The molecule has 0 aliphatic carbocycles. The van der Waals surface area contributed by atoms with Gasteiger partial charge in [-0.1, -0.05) is 17.4 Å². The van der Waals surface area contributed by atoms with Crippen molar-refractivity contribution >= 4 is 36.7 Å². The zero-order valence-corrected chi connectivity index (χ0v) is 14.4. The molecule has 1 aromatic carbocycles. The van der Waals surface area contributed by atoms with Crippen molar-refractivity contribution in [1.82, 2.24) is 9.71 Å². The number of nitrogens with zero attached hydrogens (tertiary/aromatic N) is 2. The van der Waals surface area contributed by atoms with Gasteiger partial charge in [-0.2, -0.15) is 13.2 Å². The average Bonchev–Trinajstić information content (AvgIpc) is 2.88. The number of anilines is 1. The van der Waals surface area contributed by atoms with Crippen LogP contribution in [-0.4, -0.2) is 38.8 Å². The van der Waals surface area contributed by atoms with Gasteiger partial charge in [-0.15, -0.1) is 0 Å². The smallest absolute Gasteiger partial charge is 0.346 e. The third kappa shape index (κ3) is 3.81. The Balaban J connectivity index is 1.90. The highest BCUT2D eigenvalue weighted by Gasteiger charge is 2.34. The molecule has 1 N–H and O–H groups in total. The Bertz CT molecular complexity index is 849. The van der Waals surface area contributed by atoms with E-state index in [9.17, 15) is 21.6 Å². The molecule has 0 amide bonds. The van der Waals surface area contributed by atoms with Crippen molar-refractivity contribution in [2.45, 2.75) is 25.1 Å². The van der Waals surface area contributed by atoms with E-state index in [1.165, 1.54) is 17.4 Å². The van der Waals surface area contributed by atoms with E-state index in [4.69, 9.17) is 0 Å². The minimum atomic E-state index is -4.45. The lowest BCUT2D eigenvalue weighted by atomic mass is 10.1. The predicted molar refractivity (Wildman–Crippen MR) is 87.8 cm³/mol. The second kappa shape index (κ2) is 6.16. The quantitative estimate of drug-likeness (QED) is 0.891. The number of fused-ring (bicyclic) bond motifs is 1. The van der Waals surface area contributed by atoms with Crippen LogP contribution < -0.4 is 9.62 Å². The monoisotopic (exact) mass is 379 g/mol. The number of benzene rings is 1. The molecule has 0 bridgehead atoms. The summed E-state index contributed by atoms with van der Waals surface area (Å²) in [6.07, 6.45) is -1.91. The van der Waals surface area contributed by atoms with Gasteiger partial charge in [0.2, 0.25) is 10.0 Å². The lowest BCUT2D eigenvalue weighted by molar-refractivity contribution is -0.136. The summed E-state index contributed by atoms with van der Waals surface area (Å²) < 4.78 is 65.0. The van der Waals surface area contributed by atoms with Crippen LogP contribution in [0.5, 0.6) is 0 Å². The molecule has 1 atom stereocenters.